The van der Waals surface area contributed by atoms with Crippen LogP contribution in [0.1, 0.15) is 42.3 Å². The number of nitrogens with zero attached hydrogens (tertiary/aromatic N) is 2. The van der Waals surface area contributed by atoms with Gasteiger partial charge in [-0.1, -0.05) is 0 Å². The molecule has 2 aromatic rings. The monoisotopic (exact) mass is 349 g/mol. The summed E-state index contributed by atoms with van der Waals surface area (Å²) in [5.74, 6) is 0.764. The fourth-order valence-corrected chi connectivity index (χ4v) is 3.48. The predicted molar refractivity (Wildman–Crippen MR) is 91.9 cm³/mol. The Bertz CT molecular complexity index is 650. The number of furan rings is 1. The molecule has 0 aromatic carbocycles. The van der Waals surface area contributed by atoms with Gasteiger partial charge in [0, 0.05) is 18.5 Å². The lowest BCUT2D eigenvalue weighted by molar-refractivity contribution is 0.0772. The molecule has 0 unspecified atom stereocenters. The molecule has 0 spiro atoms. The molecule has 2 amide bonds. The molecule has 2 aromatic heterocycles. The standard InChI is InChI=1S/C17H23N3O3S/c1-12(16-11-24-13(2)19-16)18-17(21)20(9-14-5-3-7-22-14)10-15-6-4-8-23-15/h3,5,7,11-12,15H,4,6,8-10H2,1-2H3,(H,18,21)/t12-,15-/m1/s1. The van der Waals surface area contributed by atoms with E-state index in [4.69, 9.17) is 9.15 Å². The van der Waals surface area contributed by atoms with Gasteiger partial charge in [0.15, 0.2) is 0 Å². The molecule has 0 radical (unpaired) electrons. The third kappa shape index (κ3) is 4.36. The second kappa shape index (κ2) is 7.81. The first-order chi connectivity index (χ1) is 11.6. The van der Waals surface area contributed by atoms with Gasteiger partial charge >= 0.3 is 6.03 Å². The number of rotatable bonds is 6. The molecule has 130 valence electrons. The fraction of sp³-hybridized carbons (Fsp3) is 0.529. The Morgan fingerprint density at radius 2 is 2.46 bits per heavy atom. The molecule has 1 N–H and O–H groups in total. The highest BCUT2D eigenvalue weighted by Crippen LogP contribution is 2.18. The van der Waals surface area contributed by atoms with Gasteiger partial charge in [-0.15, -0.1) is 11.3 Å². The second-order valence-corrected chi connectivity index (χ2v) is 7.12. The minimum atomic E-state index is -0.133. The van der Waals surface area contributed by atoms with E-state index in [0.717, 1.165) is 35.9 Å². The maximum absolute atomic E-state index is 12.7. The lowest BCUT2D eigenvalue weighted by Gasteiger charge is -2.26. The number of hydrogen-bond acceptors (Lipinski definition) is 5. The van der Waals surface area contributed by atoms with Crippen LogP contribution in [-0.4, -0.2) is 35.2 Å². The third-order valence-electron chi connectivity index (χ3n) is 4.08. The molecule has 3 heterocycles. The van der Waals surface area contributed by atoms with Crippen LogP contribution in [-0.2, 0) is 11.3 Å². The van der Waals surface area contributed by atoms with Gasteiger partial charge in [0.2, 0.25) is 0 Å². The van der Waals surface area contributed by atoms with Crippen molar-refractivity contribution < 1.29 is 13.9 Å². The Morgan fingerprint density at radius 1 is 1.58 bits per heavy atom. The summed E-state index contributed by atoms with van der Waals surface area (Å²) in [6.07, 6.45) is 3.76. The summed E-state index contributed by atoms with van der Waals surface area (Å²) < 4.78 is 11.1. The Labute approximate surface area is 145 Å². The van der Waals surface area contributed by atoms with Gasteiger partial charge in [0.25, 0.3) is 0 Å². The van der Waals surface area contributed by atoms with Crippen molar-refractivity contribution in [3.05, 3.63) is 40.2 Å². The zero-order chi connectivity index (χ0) is 16.9. The summed E-state index contributed by atoms with van der Waals surface area (Å²) in [6.45, 7) is 5.68. The number of ether oxygens (including phenoxy) is 1. The molecule has 6 nitrogen and oxygen atoms in total. The van der Waals surface area contributed by atoms with E-state index in [1.807, 2.05) is 31.4 Å². The van der Waals surface area contributed by atoms with Crippen molar-refractivity contribution in [3.63, 3.8) is 0 Å². The predicted octanol–water partition coefficient (Wildman–Crippen LogP) is 3.50. The van der Waals surface area contributed by atoms with Crippen molar-refractivity contribution in [2.45, 2.75) is 45.4 Å². The van der Waals surface area contributed by atoms with Crippen molar-refractivity contribution in [3.8, 4) is 0 Å². The van der Waals surface area contributed by atoms with E-state index in [1.54, 1.807) is 22.5 Å². The first kappa shape index (κ1) is 17.0. The van der Waals surface area contributed by atoms with Crippen LogP contribution in [0.4, 0.5) is 4.79 Å². The summed E-state index contributed by atoms with van der Waals surface area (Å²) in [7, 11) is 0. The molecule has 2 atom stereocenters. The van der Waals surface area contributed by atoms with E-state index < -0.39 is 0 Å². The quantitative estimate of drug-likeness (QED) is 0.867. The smallest absolute Gasteiger partial charge is 0.318 e. The Kier molecular flexibility index (Phi) is 5.52. The molecule has 0 aliphatic carbocycles. The van der Waals surface area contributed by atoms with Crippen molar-refractivity contribution in [1.29, 1.82) is 0 Å². The van der Waals surface area contributed by atoms with Crippen LogP contribution in [0.15, 0.2) is 28.2 Å². The van der Waals surface area contributed by atoms with Crippen LogP contribution >= 0.6 is 11.3 Å². The summed E-state index contributed by atoms with van der Waals surface area (Å²) in [4.78, 5) is 18.9. The molecule has 24 heavy (non-hydrogen) atoms. The van der Waals surface area contributed by atoms with E-state index >= 15 is 0 Å². The number of aryl methyl sites for hydroxylation is 1. The highest BCUT2D eigenvalue weighted by Gasteiger charge is 2.25. The largest absolute Gasteiger partial charge is 0.467 e. The highest BCUT2D eigenvalue weighted by molar-refractivity contribution is 7.09. The van der Waals surface area contributed by atoms with Crippen LogP contribution < -0.4 is 5.32 Å². The molecule has 0 saturated carbocycles. The summed E-state index contributed by atoms with van der Waals surface area (Å²) in [5.41, 5.74) is 0.890. The zero-order valence-electron chi connectivity index (χ0n) is 14.0. The number of carbonyl (C=O) groups is 1. The lowest BCUT2D eigenvalue weighted by atomic mass is 10.2. The van der Waals surface area contributed by atoms with Crippen molar-refractivity contribution >= 4 is 17.4 Å². The molecule has 1 aliphatic heterocycles. The van der Waals surface area contributed by atoms with Crippen molar-refractivity contribution in [2.24, 2.45) is 0 Å². The SMILES string of the molecule is Cc1nc([C@@H](C)NC(=O)N(Cc2ccco2)C[C@H]2CCCO2)cs1. The molecule has 1 aliphatic rings. The van der Waals surface area contributed by atoms with E-state index in [2.05, 4.69) is 10.3 Å². The van der Waals surface area contributed by atoms with Crippen molar-refractivity contribution in [2.75, 3.05) is 13.2 Å². The summed E-state index contributed by atoms with van der Waals surface area (Å²) in [6, 6.07) is 3.45. The maximum Gasteiger partial charge on any atom is 0.318 e. The van der Waals surface area contributed by atoms with Gasteiger partial charge in [-0.25, -0.2) is 9.78 Å². The molecule has 7 heteroatoms. The lowest BCUT2D eigenvalue weighted by Crippen LogP contribution is -2.44. The molecule has 0 bridgehead atoms. The minimum absolute atomic E-state index is 0.0996. The number of nitrogens with one attached hydrogen (secondary N) is 1. The fourth-order valence-electron chi connectivity index (χ4n) is 2.77. The Hall–Kier alpha value is -1.86. The average molecular weight is 349 g/mol. The summed E-state index contributed by atoms with van der Waals surface area (Å²) >= 11 is 1.59. The average Bonchev–Trinajstić information content (AvgIpc) is 3.28. The van der Waals surface area contributed by atoms with E-state index in [-0.39, 0.29) is 18.2 Å². The van der Waals surface area contributed by atoms with E-state index in [1.165, 1.54) is 0 Å². The minimum Gasteiger partial charge on any atom is -0.467 e. The highest BCUT2D eigenvalue weighted by atomic mass is 32.1. The number of thiazole rings is 1. The van der Waals surface area contributed by atoms with Crippen LogP contribution in [0.25, 0.3) is 0 Å². The molecule has 1 fully saturated rings. The van der Waals surface area contributed by atoms with Gasteiger partial charge in [-0.2, -0.15) is 0 Å². The van der Waals surface area contributed by atoms with Gasteiger partial charge in [0.1, 0.15) is 5.76 Å². The third-order valence-corrected chi connectivity index (χ3v) is 4.87. The number of carbonyl (C=O) groups excluding carboxylic acids is 1. The maximum atomic E-state index is 12.7. The van der Waals surface area contributed by atoms with Gasteiger partial charge in [-0.05, 0) is 38.8 Å². The molecular formula is C17H23N3O3S. The van der Waals surface area contributed by atoms with Crippen LogP contribution in [0.5, 0.6) is 0 Å². The topological polar surface area (TPSA) is 67.6 Å². The number of aromatic nitrogens is 1. The van der Waals surface area contributed by atoms with Crippen LogP contribution in [0.2, 0.25) is 0 Å². The normalized spacial score (nSPS) is 18.5. The van der Waals surface area contributed by atoms with Crippen molar-refractivity contribution in [1.82, 2.24) is 15.2 Å². The van der Waals surface area contributed by atoms with Gasteiger partial charge < -0.3 is 19.4 Å². The first-order valence-electron chi connectivity index (χ1n) is 8.23. The van der Waals surface area contributed by atoms with Gasteiger partial charge in [-0.3, -0.25) is 0 Å². The summed E-state index contributed by atoms with van der Waals surface area (Å²) in [5, 5.41) is 6.01. The number of amides is 2. The number of hydrogen-bond donors (Lipinski definition) is 1. The second-order valence-electron chi connectivity index (χ2n) is 6.06. The molecule has 1 saturated heterocycles. The number of urea groups is 1. The van der Waals surface area contributed by atoms with Crippen LogP contribution in [0, 0.1) is 6.92 Å². The molecular weight excluding hydrogens is 326 g/mol. The first-order valence-corrected chi connectivity index (χ1v) is 9.11. The Morgan fingerprint density at radius 3 is 3.08 bits per heavy atom. The van der Waals surface area contributed by atoms with Crippen LogP contribution in [0.3, 0.4) is 0 Å². The van der Waals surface area contributed by atoms with Gasteiger partial charge in [0.05, 0.1) is 35.7 Å². The Balaban J connectivity index is 1.64. The molecule has 3 rings (SSSR count). The van der Waals surface area contributed by atoms with E-state index in [0.29, 0.717) is 13.1 Å². The van der Waals surface area contributed by atoms with E-state index in [9.17, 15) is 4.79 Å². The zero-order valence-corrected chi connectivity index (χ0v) is 14.8.